The van der Waals surface area contributed by atoms with Crippen LogP contribution in [0.3, 0.4) is 0 Å². The number of benzene rings is 12. The summed E-state index contributed by atoms with van der Waals surface area (Å²) in [5.41, 5.74) is 3.43. The van der Waals surface area contributed by atoms with E-state index in [4.69, 9.17) is 49.1 Å². The first-order valence-corrected chi connectivity index (χ1v) is 50.0. The zero-order valence-corrected chi connectivity index (χ0v) is 98.1. The van der Waals surface area contributed by atoms with Gasteiger partial charge in [-0.15, -0.1) is 47.1 Å². The molecule has 3 heterocycles. The van der Waals surface area contributed by atoms with Gasteiger partial charge in [0.05, 0.1) is 36.4 Å². The molecule has 138 heavy (non-hydrogen) atoms. The average Bonchev–Trinajstić information content (AvgIpc) is 0.731. The summed E-state index contributed by atoms with van der Waals surface area (Å²) in [5, 5.41) is 30.3. The Kier molecular flexibility index (Phi) is 68.4. The van der Waals surface area contributed by atoms with E-state index in [0.717, 1.165) is 106 Å². The third-order valence-electron chi connectivity index (χ3n) is 15.4. The van der Waals surface area contributed by atoms with Gasteiger partial charge in [-0.05, 0) is 245 Å². The number of fused-ring (bicyclic) bond motifs is 6. The molecular weight excluding hydrogens is 2630 g/mol. The second kappa shape index (κ2) is 70.9. The molecule has 0 atom stereocenters. The van der Waals surface area contributed by atoms with Gasteiger partial charge in [-0.1, -0.05) is 214 Å². The number of ether oxygens (including phenoxy) is 2. The predicted molar refractivity (Wildman–Crippen MR) is 556 cm³/mol. The molecule has 0 spiro atoms. The van der Waals surface area contributed by atoms with Gasteiger partial charge in [0.2, 0.25) is 21.2 Å². The Hall–Kier alpha value is -4.79. The van der Waals surface area contributed by atoms with E-state index in [-0.39, 0.29) is 144 Å². The number of aryl methyl sites for hydroxylation is 2. The summed E-state index contributed by atoms with van der Waals surface area (Å²) in [5.74, 6) is -6.57. The van der Waals surface area contributed by atoms with Crippen LogP contribution in [-0.2, 0) is 29.0 Å². The van der Waals surface area contributed by atoms with Crippen molar-refractivity contribution in [1.82, 2.24) is 0 Å². The predicted octanol–water partition coefficient (Wildman–Crippen LogP) is 26.8. The maximum absolute atomic E-state index is 12.6. The smallest absolute Gasteiger partial charge is 1.00 e. The van der Waals surface area contributed by atoms with E-state index in [2.05, 4.69) is 192 Å². The van der Waals surface area contributed by atoms with Gasteiger partial charge in [0.25, 0.3) is 6.47 Å². The molecule has 12 aromatic carbocycles. The van der Waals surface area contributed by atoms with Crippen LogP contribution in [0.15, 0.2) is 325 Å². The Bertz CT molecular complexity index is 6490. The normalized spacial score (nSPS) is 10.5. The Morgan fingerprint density at radius 1 is 0.507 bits per heavy atom. The quantitative estimate of drug-likeness (QED) is 0.00947. The molecule has 2 aromatic heterocycles. The van der Waals surface area contributed by atoms with Gasteiger partial charge in [-0.3, -0.25) is 34.1 Å². The van der Waals surface area contributed by atoms with Crippen molar-refractivity contribution in [3.63, 3.8) is 0 Å². The molecule has 17 nitrogen and oxygen atoms in total. The van der Waals surface area contributed by atoms with Gasteiger partial charge in [0, 0.05) is 138 Å². The number of hydrogen-bond donors (Lipinski definition) is 5. The molecule has 5 N–H and O–H groups in total. The number of thiol groups is 1. The Morgan fingerprint density at radius 3 is 1.28 bits per heavy atom. The Labute approximate surface area is 960 Å². The molecule has 14 aromatic rings. The number of sulfone groups is 1. The van der Waals surface area contributed by atoms with Crippen LogP contribution in [0.25, 0.3) is 50.0 Å². The zero-order valence-electron chi connectivity index (χ0n) is 74.1. The number of nitrogens with zero attached hydrogens (tertiary/aromatic N) is 2. The van der Waals surface area contributed by atoms with Gasteiger partial charge < -0.3 is 30.9 Å². The van der Waals surface area contributed by atoms with Crippen molar-refractivity contribution in [2.75, 3.05) is 20.4 Å². The number of aliphatic hydroxyl groups excluding tert-OH is 2. The van der Waals surface area contributed by atoms with Crippen LogP contribution in [0.2, 0.25) is 6.32 Å². The van der Waals surface area contributed by atoms with Crippen molar-refractivity contribution < 1.29 is 196 Å². The molecule has 0 unspecified atom stereocenters. The van der Waals surface area contributed by atoms with Crippen LogP contribution >= 0.6 is 218 Å². The number of aliphatic hydroxyl groups is 2. The van der Waals surface area contributed by atoms with Gasteiger partial charge in [0.15, 0.2) is 16.6 Å². The number of ketones is 1. The molecule has 0 bridgehead atoms. The van der Waals surface area contributed by atoms with Crippen LogP contribution < -0.4 is 96.5 Å². The molecule has 15 rings (SSSR count). The van der Waals surface area contributed by atoms with Gasteiger partial charge in [-0.25, -0.2) is 32.1 Å². The number of halogens is 21. The third kappa shape index (κ3) is 46.7. The van der Waals surface area contributed by atoms with E-state index in [9.17, 15) is 76.6 Å². The van der Waals surface area contributed by atoms with Crippen molar-refractivity contribution >= 4 is 311 Å². The van der Waals surface area contributed by atoms with Crippen LogP contribution in [0, 0.1) is 32.8 Å². The van der Waals surface area contributed by atoms with Crippen LogP contribution in [0.4, 0.5) is 60.0 Å². The largest absolute Gasteiger partial charge is 1.00 e. The van der Waals surface area contributed by atoms with E-state index in [0.29, 0.717) is 40.7 Å². The van der Waals surface area contributed by atoms with E-state index in [1.807, 2.05) is 177 Å². The van der Waals surface area contributed by atoms with Crippen LogP contribution in [0.5, 0.6) is 5.75 Å². The van der Waals surface area contributed by atoms with E-state index >= 15 is 0 Å². The number of hydrogen-bond acceptors (Lipinski definition) is 20. The molecule has 0 saturated carbocycles. The summed E-state index contributed by atoms with van der Waals surface area (Å²) in [7, 11) is -3.99. The minimum absolute atomic E-state index is 0. The summed E-state index contributed by atoms with van der Waals surface area (Å²) >= 11 is 44.1. The average molecular weight is 2710 g/mol. The summed E-state index contributed by atoms with van der Waals surface area (Å²) in [6, 6.07) is 72.3. The van der Waals surface area contributed by atoms with E-state index < -0.39 is 47.1 Å². The fourth-order valence-electron chi connectivity index (χ4n) is 9.80. The molecule has 0 amide bonds. The monoisotopic (exact) mass is 2700 g/mol. The summed E-state index contributed by atoms with van der Waals surface area (Å²) in [4.78, 5) is 78.5. The summed E-state index contributed by atoms with van der Waals surface area (Å²) in [6.45, 7) is 23.6. The standard InChI is InChI=1S/C14H9BrO3S.C14H9BrOS.C13H7Br2NS.C13H8Br2O2S.C13H6Br2OS.C7H3BrFN.C6H5BrS.C4F6O3.C2H5BF.2C2H6O.CH3F.F2.K.Na.H2O2.H2O.H/c1-8-2-4-10-13(6-8)19(17,18)12-5-3-9(15)7-11(12)14(10)16;1-8-2-4-10-13(6-8)17-12-5-3-9(15)7-11(12)14(10)16;1-16-12-7-4-10(15)8-13(12)17-11-5-2-9(14)3-6-11;14-9-1-4-11(5-2-9)18-13-7-10(15)3-6-12(13)17-8-16;14-7-2-4-11-10(5-7)13(16)9-3-1-8(15)6-12(9)17-11;1-10-7-3-2-5(8)4-6(7)9;7-5-1-3-6(8)4-2-5;5-3(6,7)1(11)13-2(12)4(8,9)10;1-2-3-4;2*1-2-3;2*1-2;;;1-2;;/h2-7H,1H3;2-7H,1H3;2-8H;1-8H;1-6H;2-4H;1-4,8H;;2H2,1H3;2*3H,2H2,1H3;1H3;;;;1-2H;1H2;/q;;;;;;;;;;;;;2*+1;;;-1/p-1/i;;;;;;;;;;;1D;;;;;;. The molecule has 0 fully saturated rings. The molecule has 1 radical (unpaired) electrons. The van der Waals surface area contributed by atoms with Gasteiger partial charge in [0.1, 0.15) is 11.6 Å². The van der Waals surface area contributed by atoms with Gasteiger partial charge >= 0.3 is 113 Å². The van der Waals surface area contributed by atoms with Crippen LogP contribution in [0.1, 0.15) is 50.6 Å². The van der Waals surface area contributed by atoms with Crippen molar-refractivity contribution in [3.8, 4) is 5.75 Å². The minimum atomic E-state index is -5.62. The molecule has 1 aliphatic rings. The van der Waals surface area contributed by atoms with E-state index in [1.165, 1.54) is 23.8 Å². The molecule has 0 aliphatic carbocycles. The number of carbonyl (C=O) groups excluding carboxylic acids is 4. The van der Waals surface area contributed by atoms with Crippen molar-refractivity contribution in [1.29, 1.82) is 0 Å². The third-order valence-corrected chi connectivity index (χ3v) is 27.0. The number of alkyl halides is 7. The Balaban J connectivity index is -0.00000150. The first kappa shape index (κ1) is 133. The number of carbonyl (C=O) groups is 4. The van der Waals surface area contributed by atoms with Gasteiger partial charge in [-0.2, -0.15) is 26.3 Å². The molecule has 47 heteroatoms. The second-order valence-electron chi connectivity index (χ2n) is 24.9. The van der Waals surface area contributed by atoms with E-state index in [1.54, 1.807) is 116 Å². The van der Waals surface area contributed by atoms with Crippen LogP contribution in [-0.4, -0.2) is 99.1 Å². The molecular formula is C91H71BBr10F11KN2NaO15S6. The first-order chi connectivity index (χ1) is 64.3. The second-order valence-corrected chi connectivity index (χ2v) is 40.9. The SMILES string of the molecule is CCO.CCO.CC[B]F.Cc1ccc2c(=O)c3cc(Br)ccc3sc2c1.Cc1ccc2c(c1)S(=O)(=O)c1ccc(Br)cc1C2=O.FF.O=C(OC(=O)C(F)(F)F)C(F)(F)F.O=COc1ccc(Br)cc1Sc1ccc(Br)cc1.O=c1c2ccc(Br)cc2sc2ccc(Br)cc12.OO.Sc1ccc(Br)cc1.[2H]CF.[C-]#[N+]c1ccc(Br)cc1F.[C-]#[N+]c1ccc(Br)cc1Sc1ccc(Br)cc1.[H-].[K+].[Na+].[OH-]. The molecule has 0 saturated heterocycles. The fourth-order valence-corrected chi connectivity index (χ4v) is 19.5. The fraction of sp³-hybridized carbons (Fsp3) is 0.121. The maximum Gasteiger partial charge on any atom is 1.00 e. The zero-order chi connectivity index (χ0) is 103. The molecule has 1 aliphatic heterocycles. The maximum atomic E-state index is 12.6. The molecule has 723 valence electrons. The number of rotatable bonds is 7. The van der Waals surface area contributed by atoms with Crippen molar-refractivity contribution in [2.24, 2.45) is 0 Å². The summed E-state index contributed by atoms with van der Waals surface area (Å²) in [6.07, 6.45) is -10.7. The summed E-state index contributed by atoms with van der Waals surface area (Å²) < 4.78 is 168. The van der Waals surface area contributed by atoms with Crippen molar-refractivity contribution in [2.45, 2.75) is 87.6 Å². The minimum Gasteiger partial charge on any atom is -1.00 e. The Morgan fingerprint density at radius 2 is 0.855 bits per heavy atom. The van der Waals surface area contributed by atoms with Crippen molar-refractivity contribution in [3.05, 3.63) is 353 Å². The first-order valence-electron chi connectivity index (χ1n) is 37.6. The topological polar surface area (TPSA) is 275 Å². The number of esters is 2.